The summed E-state index contributed by atoms with van der Waals surface area (Å²) in [5.74, 6) is 0.196. The van der Waals surface area contributed by atoms with E-state index >= 15 is 0 Å². The van der Waals surface area contributed by atoms with Crippen LogP contribution in [0.1, 0.15) is 81.4 Å². The Morgan fingerprint density at radius 2 is 1.70 bits per heavy atom. The molecule has 6 rings (SSSR count). The van der Waals surface area contributed by atoms with Crippen molar-refractivity contribution in [2.24, 2.45) is 0 Å². The van der Waals surface area contributed by atoms with Crippen LogP contribution in [0.2, 0.25) is 0 Å². The van der Waals surface area contributed by atoms with Crippen molar-refractivity contribution in [3.8, 4) is 0 Å². The second kappa shape index (κ2) is 23.0. The Morgan fingerprint density at radius 1 is 0.982 bits per heavy atom. The summed E-state index contributed by atoms with van der Waals surface area (Å²) in [6, 6.07) is 19.2. The summed E-state index contributed by atoms with van der Waals surface area (Å²) in [6.07, 6.45) is 6.04. The van der Waals surface area contributed by atoms with Crippen molar-refractivity contribution in [1.82, 2.24) is 35.7 Å². The number of rotatable bonds is 16. The Balaban J connectivity index is 0.00000103. The number of carbonyl (C=O) groups excluding carboxylic acids is 3. The number of thiazole rings is 2. The van der Waals surface area contributed by atoms with Crippen LogP contribution in [0.4, 0.5) is 9.59 Å². The van der Waals surface area contributed by atoms with E-state index in [1.165, 1.54) is 16.9 Å². The lowest BCUT2D eigenvalue weighted by Gasteiger charge is -2.30. The third kappa shape index (κ3) is 14.3. The Labute approximate surface area is 342 Å². The van der Waals surface area contributed by atoms with Gasteiger partial charge >= 0.3 is 12.1 Å². The molecular weight excluding hydrogens is 747 g/mol. The number of nitrogens with one attached hydrogen (secondary N) is 3. The lowest BCUT2D eigenvalue weighted by molar-refractivity contribution is -0.125. The highest BCUT2D eigenvalue weighted by Crippen LogP contribution is 2.23. The molecule has 0 radical (unpaired) electrons. The topological polar surface area (TPSA) is 138 Å². The smallest absolute Gasteiger partial charge is 0.407 e. The van der Waals surface area contributed by atoms with E-state index in [1.807, 2.05) is 41.8 Å². The average Bonchev–Trinajstić information content (AvgIpc) is 4.03. The summed E-state index contributed by atoms with van der Waals surface area (Å²) in [6.45, 7) is 9.15. The van der Waals surface area contributed by atoms with Gasteiger partial charge in [-0.15, -0.1) is 22.7 Å². The number of morpholine rings is 1. The van der Waals surface area contributed by atoms with Gasteiger partial charge in [-0.3, -0.25) is 9.78 Å². The quantitative estimate of drug-likeness (QED) is 0.108. The lowest BCUT2D eigenvalue weighted by Crippen LogP contribution is -2.52. The molecule has 0 unspecified atom stereocenters. The fourth-order valence-electron chi connectivity index (χ4n) is 6.73. The Morgan fingerprint density at radius 3 is 2.32 bits per heavy atom. The lowest BCUT2D eigenvalue weighted by atomic mass is 9.96. The number of urea groups is 1. The Hall–Kier alpha value is -4.37. The molecule has 0 aliphatic carbocycles. The van der Waals surface area contributed by atoms with Gasteiger partial charge in [0.2, 0.25) is 5.91 Å². The molecule has 4 aromatic rings. The van der Waals surface area contributed by atoms with Crippen molar-refractivity contribution in [2.45, 2.75) is 96.0 Å². The number of hydrogen-bond acceptors (Lipinski definition) is 10. The van der Waals surface area contributed by atoms with Crippen LogP contribution in [0.25, 0.3) is 0 Å². The largest absolute Gasteiger partial charge is 0.444 e. The maximum Gasteiger partial charge on any atom is 0.407 e. The van der Waals surface area contributed by atoms with Gasteiger partial charge in [0.15, 0.2) is 0 Å². The third-order valence-electron chi connectivity index (χ3n) is 9.75. The molecule has 3 atom stereocenters. The Bertz CT molecular complexity index is 1740. The molecule has 2 saturated heterocycles. The predicted octanol–water partition coefficient (Wildman–Crippen LogP) is 7.27. The number of aryl methyl sites for hydroxylation is 1. The number of likely N-dealkylation sites (tertiary alicyclic amines) is 1. The number of aromatic nitrogens is 2. The van der Waals surface area contributed by atoms with Crippen LogP contribution in [0.3, 0.4) is 0 Å². The van der Waals surface area contributed by atoms with Crippen molar-refractivity contribution in [2.75, 3.05) is 39.9 Å². The van der Waals surface area contributed by atoms with E-state index in [0.29, 0.717) is 44.7 Å². The second-order valence-electron chi connectivity index (χ2n) is 14.6. The molecule has 306 valence electrons. The van der Waals surface area contributed by atoms with E-state index in [2.05, 4.69) is 64.0 Å². The normalized spacial score (nSPS) is 16.4. The SMILES string of the molecule is C1COCCN1.CC(C)c1nc(CN(C)C(=O)N2CCC[C@H]2C(=O)N[C@@H](CC[C@@H](CCc2ccccc2)NC(=O)OCc2cncs2)Cc2ccccc2)cs1.[HH].[HH]. The van der Waals surface area contributed by atoms with Gasteiger partial charge in [0.1, 0.15) is 12.6 Å². The molecule has 3 N–H and O–H groups in total. The van der Waals surface area contributed by atoms with Gasteiger partial charge in [0.05, 0.1) is 40.8 Å². The zero-order valence-electron chi connectivity index (χ0n) is 32.9. The number of benzene rings is 2. The van der Waals surface area contributed by atoms with Crippen LogP contribution >= 0.6 is 22.7 Å². The van der Waals surface area contributed by atoms with E-state index < -0.39 is 12.1 Å². The first-order valence-corrected chi connectivity index (χ1v) is 21.4. The van der Waals surface area contributed by atoms with E-state index in [0.717, 1.165) is 66.7 Å². The standard InChI is InChI=1S/C38H48N6O4S2.C4H9NO.2H2/c1-27(2)36-41-32(25-49-36)23-43(3)38(47)44-20-10-15-34(44)35(45)40-31(21-29-13-8-5-9-14-29)19-18-30(17-16-28-11-6-4-7-12-28)42-37(46)48-24-33-22-39-26-50-33;1-3-6-4-2-5-1;;/h4-9,11-14,22,25-27,30-31,34H,10,15-21,23-24H2,1-3H3,(H,40,45)(H,42,46);5H,1-4H2;2*1H/t30-,31+,34+;;;/m1.../s1. The summed E-state index contributed by atoms with van der Waals surface area (Å²) in [4.78, 5) is 53.4. The first kappa shape index (κ1) is 42.8. The van der Waals surface area contributed by atoms with Gasteiger partial charge in [0, 0.05) is 59.1 Å². The van der Waals surface area contributed by atoms with Gasteiger partial charge < -0.3 is 35.2 Å². The molecule has 0 saturated carbocycles. The summed E-state index contributed by atoms with van der Waals surface area (Å²) in [7, 11) is 1.77. The van der Waals surface area contributed by atoms with Crippen molar-refractivity contribution in [3.05, 3.63) is 104 Å². The summed E-state index contributed by atoms with van der Waals surface area (Å²) in [5, 5.41) is 12.6. The number of alkyl carbamates (subject to hydrolysis) is 1. The molecule has 2 aliphatic rings. The second-order valence-corrected chi connectivity index (χ2v) is 16.4. The third-order valence-corrected chi connectivity index (χ3v) is 11.7. The zero-order chi connectivity index (χ0) is 39.5. The van der Waals surface area contributed by atoms with Gasteiger partial charge in [-0.05, 0) is 56.1 Å². The Kier molecular flexibility index (Phi) is 17.6. The van der Waals surface area contributed by atoms with Crippen LogP contribution in [0.5, 0.6) is 0 Å². The fraction of sp³-hybridized carbons (Fsp3) is 0.500. The number of ether oxygens (including phenoxy) is 2. The zero-order valence-corrected chi connectivity index (χ0v) is 34.5. The highest BCUT2D eigenvalue weighted by molar-refractivity contribution is 7.09. The van der Waals surface area contributed by atoms with Gasteiger partial charge in [-0.25, -0.2) is 14.6 Å². The molecule has 0 bridgehead atoms. The molecule has 4 amide bonds. The maximum atomic E-state index is 13.9. The van der Waals surface area contributed by atoms with E-state index in [4.69, 9.17) is 9.47 Å². The summed E-state index contributed by atoms with van der Waals surface area (Å²) < 4.78 is 10.5. The highest BCUT2D eigenvalue weighted by Gasteiger charge is 2.36. The van der Waals surface area contributed by atoms with Crippen molar-refractivity contribution in [1.29, 1.82) is 0 Å². The molecule has 2 aromatic carbocycles. The molecule has 2 aromatic heterocycles. The van der Waals surface area contributed by atoms with Crippen LogP contribution < -0.4 is 16.0 Å². The molecule has 4 heterocycles. The average molecular weight is 808 g/mol. The van der Waals surface area contributed by atoms with Gasteiger partial charge in [-0.2, -0.15) is 0 Å². The first-order valence-electron chi connectivity index (χ1n) is 19.7. The van der Waals surface area contributed by atoms with Crippen LogP contribution in [-0.4, -0.2) is 95.8 Å². The monoisotopic (exact) mass is 807 g/mol. The van der Waals surface area contributed by atoms with Crippen LogP contribution in [0, 0.1) is 0 Å². The first-order chi connectivity index (χ1) is 27.2. The number of hydrogen-bond donors (Lipinski definition) is 3. The molecule has 0 spiro atoms. The number of carbonyl (C=O) groups is 3. The van der Waals surface area contributed by atoms with Gasteiger partial charge in [0.25, 0.3) is 0 Å². The minimum absolute atomic E-state index is 0. The fourth-order valence-corrected chi connectivity index (χ4v) is 8.06. The molecule has 14 heteroatoms. The summed E-state index contributed by atoms with van der Waals surface area (Å²) in [5.41, 5.74) is 4.88. The van der Waals surface area contributed by atoms with Crippen LogP contribution in [0.15, 0.2) is 77.8 Å². The van der Waals surface area contributed by atoms with Gasteiger partial charge in [-0.1, -0.05) is 74.5 Å². The van der Waals surface area contributed by atoms with Crippen molar-refractivity contribution < 1.29 is 26.7 Å². The van der Waals surface area contributed by atoms with E-state index in [1.54, 1.807) is 39.9 Å². The summed E-state index contributed by atoms with van der Waals surface area (Å²) >= 11 is 3.05. The molecule has 2 aliphatic heterocycles. The molecule has 56 heavy (non-hydrogen) atoms. The minimum atomic E-state index is -0.543. The van der Waals surface area contributed by atoms with Crippen molar-refractivity contribution >= 4 is 40.7 Å². The number of amides is 4. The molecule has 2 fully saturated rings. The highest BCUT2D eigenvalue weighted by atomic mass is 32.1. The van der Waals surface area contributed by atoms with E-state index in [-0.39, 0.29) is 33.5 Å². The molecule has 12 nitrogen and oxygen atoms in total. The van der Waals surface area contributed by atoms with Crippen LogP contribution in [-0.2, 0) is 40.3 Å². The maximum absolute atomic E-state index is 13.9. The minimum Gasteiger partial charge on any atom is -0.444 e. The molecular formula is C42H61N7O5S2. The van der Waals surface area contributed by atoms with Crippen molar-refractivity contribution in [3.63, 3.8) is 0 Å². The van der Waals surface area contributed by atoms with E-state index in [9.17, 15) is 14.4 Å². The number of nitrogens with zero attached hydrogens (tertiary/aromatic N) is 4. The predicted molar refractivity (Wildman–Crippen MR) is 226 cm³/mol.